The molecule has 0 aliphatic rings. The van der Waals surface area contributed by atoms with E-state index in [9.17, 15) is 9.18 Å². The number of carbonyl (C=O) groups is 1. The number of halogens is 1. The molecule has 1 aromatic heterocycles. The van der Waals surface area contributed by atoms with Crippen molar-refractivity contribution in [1.82, 2.24) is 14.8 Å². The molecule has 5 nitrogen and oxygen atoms in total. The first kappa shape index (κ1) is 22.1. The highest BCUT2D eigenvalue weighted by atomic mass is 32.2. The van der Waals surface area contributed by atoms with Gasteiger partial charge >= 0.3 is 0 Å². The van der Waals surface area contributed by atoms with Gasteiger partial charge in [0.25, 0.3) is 0 Å². The number of hydrogen-bond donors (Lipinski definition) is 1. The zero-order valence-electron chi connectivity index (χ0n) is 17.4. The van der Waals surface area contributed by atoms with Crippen LogP contribution in [-0.4, -0.2) is 32.7 Å². The van der Waals surface area contributed by atoms with Crippen LogP contribution in [0.3, 0.4) is 0 Å². The molecule has 4 rings (SSSR count). The number of para-hydroxylation sites is 1. The molecule has 0 bridgehead atoms. The molecule has 0 aliphatic carbocycles. The molecule has 1 heterocycles. The smallest absolute Gasteiger partial charge is 0.225 e. The quantitative estimate of drug-likeness (QED) is 0.328. The monoisotopic (exact) mass is 464 g/mol. The second kappa shape index (κ2) is 10.5. The highest BCUT2D eigenvalue weighted by Crippen LogP contribution is 2.29. The van der Waals surface area contributed by atoms with Crippen molar-refractivity contribution < 1.29 is 9.18 Å². The number of nitrogens with one attached hydrogen (secondary N) is 1. The largest absolute Gasteiger partial charge is 0.325 e. The third-order valence-electron chi connectivity index (χ3n) is 4.69. The van der Waals surface area contributed by atoms with E-state index in [1.165, 1.54) is 23.9 Å². The van der Waals surface area contributed by atoms with E-state index in [0.29, 0.717) is 23.2 Å². The minimum Gasteiger partial charge on any atom is -0.325 e. The van der Waals surface area contributed by atoms with Crippen molar-refractivity contribution in [1.29, 1.82) is 0 Å². The van der Waals surface area contributed by atoms with Crippen LogP contribution in [0.2, 0.25) is 0 Å². The summed E-state index contributed by atoms with van der Waals surface area (Å²) in [7, 11) is 0. The lowest BCUT2D eigenvalue weighted by Crippen LogP contribution is -2.13. The van der Waals surface area contributed by atoms with Gasteiger partial charge in [0.15, 0.2) is 11.0 Å². The zero-order valence-corrected chi connectivity index (χ0v) is 19.0. The number of carbonyl (C=O) groups excluding carboxylic acids is 1. The van der Waals surface area contributed by atoms with Gasteiger partial charge in [0, 0.05) is 28.3 Å². The number of hydrogen-bond acceptors (Lipinski definition) is 5. The number of anilines is 1. The first-order valence-electron chi connectivity index (χ1n) is 9.98. The third-order valence-corrected chi connectivity index (χ3v) is 6.42. The van der Waals surface area contributed by atoms with Gasteiger partial charge in [-0.25, -0.2) is 4.39 Å². The Bertz CT molecular complexity index is 1200. The van der Waals surface area contributed by atoms with Crippen LogP contribution in [0.5, 0.6) is 0 Å². The molecule has 4 aromatic rings. The molecule has 3 aromatic carbocycles. The summed E-state index contributed by atoms with van der Waals surface area (Å²) >= 11 is 3.03. The van der Waals surface area contributed by atoms with Crippen molar-refractivity contribution in [2.24, 2.45) is 0 Å². The molecule has 0 saturated heterocycles. The fraction of sp³-hybridized carbons (Fsp3) is 0.125. The fourth-order valence-corrected chi connectivity index (χ4v) is 4.60. The molecule has 0 spiro atoms. The number of benzene rings is 3. The maximum absolute atomic E-state index is 13.5. The lowest BCUT2D eigenvalue weighted by Gasteiger charge is -2.11. The van der Waals surface area contributed by atoms with Gasteiger partial charge in [0.05, 0.1) is 5.69 Å². The third kappa shape index (κ3) is 5.20. The van der Waals surface area contributed by atoms with Crippen LogP contribution in [0.4, 0.5) is 10.1 Å². The summed E-state index contributed by atoms with van der Waals surface area (Å²) in [5.74, 6) is 0.828. The van der Waals surface area contributed by atoms with Crippen molar-refractivity contribution in [3.63, 3.8) is 0 Å². The van der Waals surface area contributed by atoms with Gasteiger partial charge in [0.2, 0.25) is 5.91 Å². The first-order valence-corrected chi connectivity index (χ1v) is 12.2. The maximum atomic E-state index is 13.5. The number of nitrogens with zero attached hydrogens (tertiary/aromatic N) is 3. The van der Waals surface area contributed by atoms with Crippen LogP contribution in [-0.2, 0) is 4.79 Å². The molecule has 0 atom stereocenters. The van der Waals surface area contributed by atoms with Crippen LogP contribution < -0.4 is 5.32 Å². The Morgan fingerprint density at radius 3 is 2.44 bits per heavy atom. The van der Waals surface area contributed by atoms with E-state index in [4.69, 9.17) is 0 Å². The molecule has 32 heavy (non-hydrogen) atoms. The summed E-state index contributed by atoms with van der Waals surface area (Å²) in [6.07, 6.45) is 2.30. The highest BCUT2D eigenvalue weighted by Gasteiger charge is 2.17. The van der Waals surface area contributed by atoms with E-state index < -0.39 is 0 Å². The molecule has 0 unspecified atom stereocenters. The Kier molecular flexibility index (Phi) is 7.24. The predicted molar refractivity (Wildman–Crippen MR) is 129 cm³/mol. The molecule has 0 aliphatic heterocycles. The summed E-state index contributed by atoms with van der Waals surface area (Å²) in [4.78, 5) is 13.5. The van der Waals surface area contributed by atoms with Crippen LogP contribution in [0, 0.1) is 5.82 Å². The van der Waals surface area contributed by atoms with Crippen LogP contribution in [0.15, 0.2) is 88.9 Å². The molecular formula is C24H21FN4OS2. The zero-order chi connectivity index (χ0) is 22.3. The van der Waals surface area contributed by atoms with Crippen molar-refractivity contribution in [2.75, 3.05) is 17.3 Å². The van der Waals surface area contributed by atoms with E-state index in [1.54, 1.807) is 23.9 Å². The molecule has 162 valence electrons. The summed E-state index contributed by atoms with van der Waals surface area (Å²) in [6, 6.07) is 23.7. The molecule has 1 amide bonds. The predicted octanol–water partition coefficient (Wildman–Crippen LogP) is 5.92. The van der Waals surface area contributed by atoms with Gasteiger partial charge in [-0.2, -0.15) is 0 Å². The van der Waals surface area contributed by atoms with E-state index in [-0.39, 0.29) is 11.7 Å². The van der Waals surface area contributed by atoms with Crippen molar-refractivity contribution in [3.8, 4) is 17.1 Å². The number of thioether (sulfide) groups is 2. The molecular weight excluding hydrogens is 443 g/mol. The van der Waals surface area contributed by atoms with Gasteiger partial charge < -0.3 is 5.32 Å². The van der Waals surface area contributed by atoms with Gasteiger partial charge in [-0.3, -0.25) is 9.36 Å². The van der Waals surface area contributed by atoms with Crippen molar-refractivity contribution in [2.45, 2.75) is 16.5 Å². The van der Waals surface area contributed by atoms with Gasteiger partial charge in [-0.15, -0.1) is 22.0 Å². The summed E-state index contributed by atoms with van der Waals surface area (Å²) in [5, 5.41) is 12.3. The SMILES string of the molecule is CSc1ccccc1NC(=O)CCSc1nnc(-c2ccccc2)n1-c1ccc(F)cc1. The van der Waals surface area contributed by atoms with Gasteiger partial charge in [-0.05, 0) is 42.7 Å². The average Bonchev–Trinajstić information content (AvgIpc) is 3.24. The average molecular weight is 465 g/mol. The van der Waals surface area contributed by atoms with E-state index in [2.05, 4.69) is 15.5 Å². The number of aromatic nitrogens is 3. The summed E-state index contributed by atoms with van der Waals surface area (Å²) in [5.41, 5.74) is 2.48. The minimum absolute atomic E-state index is 0.0601. The van der Waals surface area contributed by atoms with E-state index in [0.717, 1.165) is 21.8 Å². The normalized spacial score (nSPS) is 10.8. The molecule has 0 fully saturated rings. The summed E-state index contributed by atoms with van der Waals surface area (Å²) < 4.78 is 15.4. The van der Waals surface area contributed by atoms with Crippen LogP contribution in [0.25, 0.3) is 17.1 Å². The number of rotatable bonds is 8. The van der Waals surface area contributed by atoms with E-state index in [1.807, 2.05) is 65.4 Å². The topological polar surface area (TPSA) is 59.8 Å². The molecule has 1 N–H and O–H groups in total. The van der Waals surface area contributed by atoms with E-state index >= 15 is 0 Å². The Morgan fingerprint density at radius 1 is 0.969 bits per heavy atom. The van der Waals surface area contributed by atoms with Crippen LogP contribution >= 0.6 is 23.5 Å². The molecule has 0 saturated carbocycles. The van der Waals surface area contributed by atoms with Gasteiger partial charge in [0.1, 0.15) is 5.82 Å². The number of amides is 1. The van der Waals surface area contributed by atoms with Crippen LogP contribution in [0.1, 0.15) is 6.42 Å². The maximum Gasteiger partial charge on any atom is 0.225 e. The second-order valence-electron chi connectivity index (χ2n) is 6.83. The Morgan fingerprint density at radius 2 is 1.69 bits per heavy atom. The lowest BCUT2D eigenvalue weighted by molar-refractivity contribution is -0.115. The second-order valence-corrected chi connectivity index (χ2v) is 8.74. The standard InChI is InChI=1S/C24H21FN4OS2/c1-31-21-10-6-5-9-20(21)26-22(30)15-16-32-24-28-27-23(17-7-3-2-4-8-17)29(24)19-13-11-18(25)12-14-19/h2-14H,15-16H2,1H3,(H,26,30). The highest BCUT2D eigenvalue weighted by molar-refractivity contribution is 7.99. The molecule has 8 heteroatoms. The Hall–Kier alpha value is -3.10. The van der Waals surface area contributed by atoms with Gasteiger partial charge in [-0.1, -0.05) is 54.2 Å². The minimum atomic E-state index is -0.306. The summed E-state index contributed by atoms with van der Waals surface area (Å²) in [6.45, 7) is 0. The Balaban J connectivity index is 1.50. The Labute approximate surface area is 194 Å². The fourth-order valence-electron chi connectivity index (χ4n) is 3.16. The lowest BCUT2D eigenvalue weighted by atomic mass is 10.2. The molecule has 0 radical (unpaired) electrons. The first-order chi connectivity index (χ1) is 15.7. The van der Waals surface area contributed by atoms with Crippen molar-refractivity contribution >= 4 is 35.1 Å². The van der Waals surface area contributed by atoms with Crippen molar-refractivity contribution in [3.05, 3.63) is 84.7 Å².